The Kier molecular flexibility index (Phi) is 3.14. The Morgan fingerprint density at radius 2 is 2.31 bits per heavy atom. The number of nitrogens with one attached hydrogen (secondary N) is 1. The van der Waals surface area contributed by atoms with Gasteiger partial charge in [-0.05, 0) is 12.1 Å². The number of hydrazone groups is 1. The predicted octanol–water partition coefficient (Wildman–Crippen LogP) is 0.954. The molecule has 0 spiro atoms. The molecular formula is C9H12N2O2. The van der Waals surface area contributed by atoms with E-state index in [9.17, 15) is 5.11 Å². The fourth-order valence-corrected chi connectivity index (χ4v) is 0.894. The lowest BCUT2D eigenvalue weighted by molar-refractivity contribution is 0.407. The van der Waals surface area contributed by atoms with Crippen LogP contribution in [0, 0.1) is 0 Å². The molecule has 0 unspecified atom stereocenters. The summed E-state index contributed by atoms with van der Waals surface area (Å²) in [5.41, 5.74) is 3.25. The summed E-state index contributed by atoms with van der Waals surface area (Å²) in [7, 11) is 3.24. The molecule has 0 aliphatic heterocycles. The molecule has 13 heavy (non-hydrogen) atoms. The third-order valence-electron chi connectivity index (χ3n) is 1.57. The standard InChI is InChI=1S/C9H12N2O2/c1-10-11-6-7-3-4-8(13-2)5-9(7)12/h3-6,10,12H,1-2H3/b11-6-. The van der Waals surface area contributed by atoms with Gasteiger partial charge in [-0.15, -0.1) is 0 Å². The molecule has 4 nitrogen and oxygen atoms in total. The first-order valence-corrected chi connectivity index (χ1v) is 3.84. The molecule has 2 N–H and O–H groups in total. The number of phenolic OH excluding ortho intramolecular Hbond substituents is 1. The molecular weight excluding hydrogens is 168 g/mol. The van der Waals surface area contributed by atoms with Crippen molar-refractivity contribution in [2.45, 2.75) is 0 Å². The van der Waals surface area contributed by atoms with E-state index in [0.717, 1.165) is 0 Å². The van der Waals surface area contributed by atoms with E-state index in [4.69, 9.17) is 4.74 Å². The molecule has 0 aliphatic rings. The summed E-state index contributed by atoms with van der Waals surface area (Å²) in [4.78, 5) is 0. The first-order chi connectivity index (χ1) is 6.27. The van der Waals surface area contributed by atoms with Gasteiger partial charge in [0, 0.05) is 18.7 Å². The highest BCUT2D eigenvalue weighted by atomic mass is 16.5. The van der Waals surface area contributed by atoms with Crippen molar-refractivity contribution in [2.75, 3.05) is 14.2 Å². The summed E-state index contributed by atoms with van der Waals surface area (Å²) in [6.45, 7) is 0. The van der Waals surface area contributed by atoms with Crippen molar-refractivity contribution < 1.29 is 9.84 Å². The van der Waals surface area contributed by atoms with Gasteiger partial charge in [0.25, 0.3) is 0 Å². The monoisotopic (exact) mass is 180 g/mol. The molecule has 0 radical (unpaired) electrons. The Bertz CT molecular complexity index is 310. The van der Waals surface area contributed by atoms with Crippen molar-refractivity contribution in [2.24, 2.45) is 5.10 Å². The van der Waals surface area contributed by atoms with E-state index in [1.54, 1.807) is 26.3 Å². The first kappa shape index (κ1) is 9.38. The summed E-state index contributed by atoms with van der Waals surface area (Å²) in [5.74, 6) is 0.775. The lowest BCUT2D eigenvalue weighted by Gasteiger charge is -2.02. The van der Waals surface area contributed by atoms with E-state index in [1.807, 2.05) is 0 Å². The van der Waals surface area contributed by atoms with Crippen LogP contribution >= 0.6 is 0 Å². The van der Waals surface area contributed by atoms with Gasteiger partial charge < -0.3 is 15.3 Å². The topological polar surface area (TPSA) is 53.9 Å². The van der Waals surface area contributed by atoms with Gasteiger partial charge in [0.15, 0.2) is 0 Å². The molecule has 1 aromatic carbocycles. The van der Waals surface area contributed by atoms with Crippen LogP contribution in [0.25, 0.3) is 0 Å². The van der Waals surface area contributed by atoms with Crippen LogP contribution in [0.15, 0.2) is 23.3 Å². The summed E-state index contributed by atoms with van der Waals surface area (Å²) in [6, 6.07) is 5.03. The Labute approximate surface area is 76.8 Å². The molecule has 0 fully saturated rings. The van der Waals surface area contributed by atoms with Crippen molar-refractivity contribution in [1.29, 1.82) is 0 Å². The van der Waals surface area contributed by atoms with Gasteiger partial charge in [0.1, 0.15) is 11.5 Å². The molecule has 1 rings (SSSR count). The van der Waals surface area contributed by atoms with Crippen LogP contribution in [0.2, 0.25) is 0 Å². The zero-order valence-electron chi connectivity index (χ0n) is 7.61. The van der Waals surface area contributed by atoms with Crippen molar-refractivity contribution >= 4 is 6.21 Å². The second-order valence-electron chi connectivity index (χ2n) is 2.41. The van der Waals surface area contributed by atoms with E-state index >= 15 is 0 Å². The van der Waals surface area contributed by atoms with Crippen molar-refractivity contribution in [1.82, 2.24) is 5.43 Å². The number of aromatic hydroxyl groups is 1. The van der Waals surface area contributed by atoms with Crippen molar-refractivity contribution in [3.63, 3.8) is 0 Å². The van der Waals surface area contributed by atoms with Crippen LogP contribution < -0.4 is 10.2 Å². The van der Waals surface area contributed by atoms with Crippen LogP contribution in [-0.4, -0.2) is 25.5 Å². The summed E-state index contributed by atoms with van der Waals surface area (Å²) in [6.07, 6.45) is 1.54. The maximum Gasteiger partial charge on any atom is 0.128 e. The van der Waals surface area contributed by atoms with Crippen molar-refractivity contribution in [3.8, 4) is 11.5 Å². The number of hydrogen-bond donors (Lipinski definition) is 2. The highest BCUT2D eigenvalue weighted by Crippen LogP contribution is 2.21. The molecule has 0 saturated carbocycles. The minimum absolute atomic E-state index is 0.151. The number of benzene rings is 1. The average molecular weight is 180 g/mol. The molecule has 0 heterocycles. The van der Waals surface area contributed by atoms with Crippen LogP contribution in [0.3, 0.4) is 0 Å². The van der Waals surface area contributed by atoms with E-state index < -0.39 is 0 Å². The highest BCUT2D eigenvalue weighted by Gasteiger charge is 1.99. The molecule has 0 aromatic heterocycles. The predicted molar refractivity (Wildman–Crippen MR) is 51.3 cm³/mol. The lowest BCUT2D eigenvalue weighted by atomic mass is 10.2. The quantitative estimate of drug-likeness (QED) is 0.538. The smallest absolute Gasteiger partial charge is 0.128 e. The highest BCUT2D eigenvalue weighted by molar-refractivity contribution is 5.83. The third kappa shape index (κ3) is 2.37. The summed E-state index contributed by atoms with van der Waals surface area (Å²) >= 11 is 0. The minimum atomic E-state index is 0.151. The average Bonchev–Trinajstić information content (AvgIpc) is 2.16. The second kappa shape index (κ2) is 4.35. The van der Waals surface area contributed by atoms with Gasteiger partial charge in [0.05, 0.1) is 13.3 Å². The maximum absolute atomic E-state index is 9.45. The molecule has 0 amide bonds. The van der Waals surface area contributed by atoms with Gasteiger partial charge >= 0.3 is 0 Å². The Morgan fingerprint density at radius 1 is 1.54 bits per heavy atom. The molecule has 0 aliphatic carbocycles. The van der Waals surface area contributed by atoms with E-state index in [0.29, 0.717) is 11.3 Å². The van der Waals surface area contributed by atoms with Crippen LogP contribution in [0.5, 0.6) is 11.5 Å². The van der Waals surface area contributed by atoms with Crippen LogP contribution in [-0.2, 0) is 0 Å². The second-order valence-corrected chi connectivity index (χ2v) is 2.41. The lowest BCUT2D eigenvalue weighted by Crippen LogP contribution is -1.95. The molecule has 0 atom stereocenters. The summed E-state index contributed by atoms with van der Waals surface area (Å²) in [5, 5.41) is 13.2. The fourth-order valence-electron chi connectivity index (χ4n) is 0.894. The number of nitrogens with zero attached hydrogens (tertiary/aromatic N) is 1. The normalized spacial score (nSPS) is 10.3. The first-order valence-electron chi connectivity index (χ1n) is 3.84. The maximum atomic E-state index is 9.45. The zero-order valence-corrected chi connectivity index (χ0v) is 7.61. The van der Waals surface area contributed by atoms with Gasteiger partial charge in [-0.25, -0.2) is 0 Å². The molecule has 70 valence electrons. The molecule has 4 heteroatoms. The SMILES string of the molecule is CN/N=C\c1ccc(OC)cc1O. The van der Waals surface area contributed by atoms with E-state index in [2.05, 4.69) is 10.5 Å². The van der Waals surface area contributed by atoms with Crippen LogP contribution in [0.1, 0.15) is 5.56 Å². The molecule has 0 saturated heterocycles. The number of phenols is 1. The van der Waals surface area contributed by atoms with E-state index in [-0.39, 0.29) is 5.75 Å². The van der Waals surface area contributed by atoms with Crippen LogP contribution in [0.4, 0.5) is 0 Å². The van der Waals surface area contributed by atoms with Crippen molar-refractivity contribution in [3.05, 3.63) is 23.8 Å². The largest absolute Gasteiger partial charge is 0.507 e. The van der Waals surface area contributed by atoms with Gasteiger partial charge in [0.2, 0.25) is 0 Å². The van der Waals surface area contributed by atoms with E-state index in [1.165, 1.54) is 12.3 Å². The fraction of sp³-hybridized carbons (Fsp3) is 0.222. The third-order valence-corrected chi connectivity index (χ3v) is 1.57. The molecule has 1 aromatic rings. The Hall–Kier alpha value is -1.71. The van der Waals surface area contributed by atoms with Gasteiger partial charge in [-0.3, -0.25) is 0 Å². The minimum Gasteiger partial charge on any atom is -0.507 e. The van der Waals surface area contributed by atoms with Gasteiger partial charge in [-0.2, -0.15) is 5.10 Å². The zero-order chi connectivity index (χ0) is 9.68. The molecule has 0 bridgehead atoms. The number of methoxy groups -OCH3 is 1. The summed E-state index contributed by atoms with van der Waals surface area (Å²) < 4.78 is 4.93. The van der Waals surface area contributed by atoms with Gasteiger partial charge in [-0.1, -0.05) is 0 Å². The Morgan fingerprint density at radius 3 is 2.85 bits per heavy atom. The number of rotatable bonds is 3. The number of hydrogen-bond acceptors (Lipinski definition) is 4. The number of ether oxygens (including phenoxy) is 1. The Balaban J connectivity index is 2.91.